The fourth-order valence-corrected chi connectivity index (χ4v) is 4.35. The van der Waals surface area contributed by atoms with Gasteiger partial charge in [-0.1, -0.05) is 110 Å². The Balaban J connectivity index is -0.000000556. The van der Waals surface area contributed by atoms with Crippen LogP contribution in [0.4, 0.5) is 0 Å². The van der Waals surface area contributed by atoms with Crippen LogP contribution in [0.25, 0.3) is 0 Å². The lowest BCUT2D eigenvalue weighted by atomic mass is 10.1. The molecule has 0 aliphatic carbocycles. The number of rotatable bonds is 16. The van der Waals surface area contributed by atoms with Crippen LogP contribution in [0.2, 0.25) is 0 Å². The molecule has 6 N–H and O–H groups in total. The maximum atomic E-state index is 8.23. The summed E-state index contributed by atoms with van der Waals surface area (Å²) < 4.78 is 1.42. The molecule has 0 saturated heterocycles. The van der Waals surface area contributed by atoms with E-state index in [4.69, 9.17) is 20.8 Å². The molecule has 2 rings (SSSR count). The highest BCUT2D eigenvalue weighted by molar-refractivity contribution is 5.86. The van der Waals surface area contributed by atoms with Gasteiger partial charge >= 0.3 is 0 Å². The van der Waals surface area contributed by atoms with Crippen LogP contribution in [-0.2, 0) is 0 Å². The second kappa shape index (κ2) is 30.0. The van der Waals surface area contributed by atoms with Crippen LogP contribution >= 0.6 is 0 Å². The second-order valence-electron chi connectivity index (χ2n) is 9.97. The summed E-state index contributed by atoms with van der Waals surface area (Å²) in [7, 11) is 0. The first-order valence-electron chi connectivity index (χ1n) is 14.7. The van der Waals surface area contributed by atoms with Crippen molar-refractivity contribution in [2.75, 3.05) is 26.2 Å². The van der Waals surface area contributed by atoms with Crippen molar-refractivity contribution in [3.05, 3.63) is 70.8 Å². The number of hydrogen-bond acceptors (Lipinski definition) is 8. The zero-order valence-electron chi connectivity index (χ0n) is 26.3. The average Bonchev–Trinajstić information content (AvgIpc) is 2.98. The van der Waals surface area contributed by atoms with Gasteiger partial charge in [-0.3, -0.25) is 0 Å². The molecular formula is C32H54ClN5O5. The minimum Gasteiger partial charge on any atom is -1.00 e. The molecule has 0 saturated carbocycles. The third-order valence-electron chi connectivity index (χ3n) is 6.59. The Morgan fingerprint density at radius 2 is 0.744 bits per heavy atom. The molecule has 0 aliphatic heterocycles. The summed E-state index contributed by atoms with van der Waals surface area (Å²) >= 11 is 0. The normalized spacial score (nSPS) is 11.1. The topological polar surface area (TPSA) is 162 Å². The Bertz CT molecular complexity index is 879. The largest absolute Gasteiger partial charge is 1.00 e. The summed E-state index contributed by atoms with van der Waals surface area (Å²) in [6.07, 6.45) is 16.3. The van der Waals surface area contributed by atoms with Gasteiger partial charge in [0.05, 0.1) is 51.0 Å². The molecule has 0 fully saturated rings. The maximum Gasteiger partial charge on any atom is 0.0786 e. The fraction of sp³-hybridized carbons (Fsp3) is 0.500. The van der Waals surface area contributed by atoms with Gasteiger partial charge in [-0.2, -0.15) is 0 Å². The van der Waals surface area contributed by atoms with Crippen molar-refractivity contribution in [1.82, 2.24) is 0 Å². The van der Waals surface area contributed by atoms with Gasteiger partial charge in [0, 0.05) is 0 Å². The molecule has 0 heterocycles. The lowest BCUT2D eigenvalue weighted by Gasteiger charge is -2.39. The van der Waals surface area contributed by atoms with Gasteiger partial charge in [0.25, 0.3) is 0 Å². The van der Waals surface area contributed by atoms with E-state index < -0.39 is 0 Å². The summed E-state index contributed by atoms with van der Waals surface area (Å²) in [5, 5.41) is 44.4. The zero-order valence-corrected chi connectivity index (χ0v) is 27.1. The number of nitrogens with zero attached hydrogens (tertiary/aromatic N) is 5. The maximum absolute atomic E-state index is 8.23. The fourth-order valence-electron chi connectivity index (χ4n) is 4.35. The third kappa shape index (κ3) is 21.8. The van der Waals surface area contributed by atoms with E-state index in [-0.39, 0.29) is 17.9 Å². The third-order valence-corrected chi connectivity index (χ3v) is 6.59. The molecule has 43 heavy (non-hydrogen) atoms. The van der Waals surface area contributed by atoms with E-state index >= 15 is 0 Å². The van der Waals surface area contributed by atoms with Crippen molar-refractivity contribution in [2.45, 2.75) is 79.1 Å². The molecule has 2 aromatic carbocycles. The molecule has 0 spiro atoms. The van der Waals surface area contributed by atoms with E-state index in [1.165, 1.54) is 107 Å². The first-order valence-corrected chi connectivity index (χ1v) is 14.7. The van der Waals surface area contributed by atoms with Gasteiger partial charge < -0.3 is 43.2 Å². The predicted octanol–water partition coefficient (Wildman–Crippen LogP) is 3.79. The highest BCUT2D eigenvalue weighted by atomic mass is 35.5. The van der Waals surface area contributed by atoms with Crippen LogP contribution in [0.5, 0.6) is 0 Å². The van der Waals surface area contributed by atoms with Crippen LogP contribution in [0.15, 0.2) is 69.2 Å². The Labute approximate surface area is 264 Å². The Kier molecular flexibility index (Phi) is 30.7. The van der Waals surface area contributed by atoms with Gasteiger partial charge in [-0.15, -0.1) is 0 Å². The molecule has 0 aliphatic rings. The van der Waals surface area contributed by atoms with E-state index in [1.807, 2.05) is 0 Å². The van der Waals surface area contributed by atoms with E-state index in [0.29, 0.717) is 0 Å². The standard InChI is InChI=1S/C16H36N.2C8H8N2O2.ClH.H2O/c1-5-9-13-17(14-10-6-2,15-11-7-3)16-12-8-4;2*11-9-5-7-2-1-3-8(4-7)6-10-12;;/h5-16H2,1-4H3;2*1-6,11-12H;1H;1H2/q+1;;;;/p-1/b;2*9-5+,10-6+;;. The van der Waals surface area contributed by atoms with Gasteiger partial charge in [-0.25, -0.2) is 0 Å². The van der Waals surface area contributed by atoms with Gasteiger partial charge in [0.1, 0.15) is 0 Å². The lowest BCUT2D eigenvalue weighted by Crippen LogP contribution is -3.00. The molecule has 0 bridgehead atoms. The van der Waals surface area contributed by atoms with Crippen LogP contribution in [0, 0.1) is 0 Å². The monoisotopic (exact) mass is 623 g/mol. The smallest absolute Gasteiger partial charge is 0.0786 e. The summed E-state index contributed by atoms with van der Waals surface area (Å²) in [5.41, 5.74) is 2.98. The first kappa shape index (κ1) is 44.0. The Hall–Kier alpha value is -3.47. The van der Waals surface area contributed by atoms with E-state index in [9.17, 15) is 0 Å². The van der Waals surface area contributed by atoms with E-state index in [2.05, 4.69) is 48.3 Å². The molecule has 0 unspecified atom stereocenters. The van der Waals surface area contributed by atoms with Gasteiger partial charge in [0.2, 0.25) is 0 Å². The Morgan fingerprint density at radius 3 is 0.930 bits per heavy atom. The number of benzene rings is 2. The van der Waals surface area contributed by atoms with Crippen LogP contribution in [0.3, 0.4) is 0 Å². The van der Waals surface area contributed by atoms with Gasteiger partial charge in [0.15, 0.2) is 0 Å². The highest BCUT2D eigenvalue weighted by Gasteiger charge is 2.24. The minimum absolute atomic E-state index is 0. The van der Waals surface area contributed by atoms with Crippen molar-refractivity contribution in [3.63, 3.8) is 0 Å². The summed E-state index contributed by atoms with van der Waals surface area (Å²) in [4.78, 5) is 0. The molecule has 11 heteroatoms. The minimum atomic E-state index is 0. The van der Waals surface area contributed by atoms with Crippen LogP contribution in [-0.4, -0.2) is 81.8 Å². The molecule has 0 aromatic heterocycles. The van der Waals surface area contributed by atoms with Crippen molar-refractivity contribution in [1.29, 1.82) is 0 Å². The quantitative estimate of drug-likeness (QED) is 0.0969. The van der Waals surface area contributed by atoms with Crippen molar-refractivity contribution in [2.24, 2.45) is 20.6 Å². The van der Waals surface area contributed by atoms with Crippen LogP contribution < -0.4 is 12.4 Å². The van der Waals surface area contributed by atoms with Gasteiger partial charge in [-0.05, 0) is 60.1 Å². The number of quaternary nitrogens is 1. The summed E-state index contributed by atoms with van der Waals surface area (Å²) in [6.45, 7) is 15.0. The zero-order chi connectivity index (χ0) is 30.6. The molecule has 0 radical (unpaired) electrons. The summed E-state index contributed by atoms with van der Waals surface area (Å²) in [6, 6.07) is 14.1. The van der Waals surface area contributed by atoms with Crippen LogP contribution in [0.1, 0.15) is 101 Å². The van der Waals surface area contributed by atoms with E-state index in [1.54, 1.807) is 48.5 Å². The Morgan fingerprint density at radius 1 is 0.512 bits per heavy atom. The van der Waals surface area contributed by atoms with E-state index in [0.717, 1.165) is 22.3 Å². The van der Waals surface area contributed by atoms with Crippen molar-refractivity contribution < 1.29 is 43.2 Å². The number of hydrogen-bond donors (Lipinski definition) is 4. The highest BCUT2D eigenvalue weighted by Crippen LogP contribution is 2.16. The molecule has 2 aromatic rings. The molecular weight excluding hydrogens is 570 g/mol. The SMILES string of the molecule is CCCC[N+](CCCC)(CCCC)CCCC.O.O/N=C/c1cccc(/C=N/O)c1.O/N=C/c1cccc(/C=N/O)c1.[Cl-]. The average molecular weight is 624 g/mol. The number of unbranched alkanes of at least 4 members (excludes halogenated alkanes) is 4. The second-order valence-corrected chi connectivity index (χ2v) is 9.97. The van der Waals surface area contributed by atoms with Crippen molar-refractivity contribution in [3.8, 4) is 0 Å². The molecule has 0 amide bonds. The first-order chi connectivity index (χ1) is 20.0. The summed E-state index contributed by atoms with van der Waals surface area (Å²) in [5.74, 6) is 0. The molecule has 10 nitrogen and oxygen atoms in total. The number of oxime groups is 4. The predicted molar refractivity (Wildman–Crippen MR) is 173 cm³/mol. The lowest BCUT2D eigenvalue weighted by molar-refractivity contribution is -0.929. The number of halogens is 1. The molecule has 244 valence electrons. The molecule has 0 atom stereocenters. The van der Waals surface area contributed by atoms with Crippen molar-refractivity contribution >= 4 is 24.9 Å².